The zero-order valence-electron chi connectivity index (χ0n) is 8.27. The fourth-order valence-electron chi connectivity index (χ4n) is 1.63. The molecular formula is C10H20N2. The predicted octanol–water partition coefficient (Wildman–Crippen LogP) is 1.25. The van der Waals surface area contributed by atoms with Crippen molar-refractivity contribution in [1.29, 1.82) is 0 Å². The standard InChI is InChI=1S/C10H20N2/c1-3-4-10(2)9-12-7-5-11-6-8-12/h4,11H,3,5-9H2,1-2H3/b10-4+. The SMILES string of the molecule is CC/C=C(\C)CN1CCNCC1. The minimum absolute atomic E-state index is 1.15. The summed E-state index contributed by atoms with van der Waals surface area (Å²) in [6.07, 6.45) is 3.49. The van der Waals surface area contributed by atoms with Crippen LogP contribution < -0.4 is 5.32 Å². The predicted molar refractivity (Wildman–Crippen MR) is 53.4 cm³/mol. The molecule has 12 heavy (non-hydrogen) atoms. The molecule has 0 aromatic heterocycles. The Hall–Kier alpha value is -0.340. The van der Waals surface area contributed by atoms with Gasteiger partial charge in [-0.1, -0.05) is 18.6 Å². The smallest absolute Gasteiger partial charge is 0.0191 e. The molecule has 1 aliphatic rings. The zero-order valence-corrected chi connectivity index (χ0v) is 8.27. The summed E-state index contributed by atoms with van der Waals surface area (Å²) >= 11 is 0. The van der Waals surface area contributed by atoms with Gasteiger partial charge in [-0.25, -0.2) is 0 Å². The van der Waals surface area contributed by atoms with Gasteiger partial charge in [-0.2, -0.15) is 0 Å². The molecule has 0 aliphatic carbocycles. The molecule has 0 spiro atoms. The van der Waals surface area contributed by atoms with Gasteiger partial charge in [-0.15, -0.1) is 0 Å². The third-order valence-corrected chi connectivity index (χ3v) is 2.24. The van der Waals surface area contributed by atoms with Crippen molar-refractivity contribution in [3.8, 4) is 0 Å². The molecule has 70 valence electrons. The molecule has 0 aromatic carbocycles. The Morgan fingerprint density at radius 3 is 2.67 bits per heavy atom. The van der Waals surface area contributed by atoms with Gasteiger partial charge in [0.15, 0.2) is 0 Å². The van der Waals surface area contributed by atoms with E-state index in [-0.39, 0.29) is 0 Å². The maximum absolute atomic E-state index is 3.36. The lowest BCUT2D eigenvalue weighted by Gasteiger charge is -2.27. The van der Waals surface area contributed by atoms with Crippen LogP contribution in [0.15, 0.2) is 11.6 Å². The summed E-state index contributed by atoms with van der Waals surface area (Å²) in [5, 5.41) is 3.36. The van der Waals surface area contributed by atoms with E-state index < -0.39 is 0 Å². The molecular weight excluding hydrogens is 148 g/mol. The first-order valence-corrected chi connectivity index (χ1v) is 4.91. The van der Waals surface area contributed by atoms with Crippen LogP contribution in [-0.2, 0) is 0 Å². The fourth-order valence-corrected chi connectivity index (χ4v) is 1.63. The highest BCUT2D eigenvalue weighted by Crippen LogP contribution is 2.00. The van der Waals surface area contributed by atoms with Crippen molar-refractivity contribution in [3.63, 3.8) is 0 Å². The number of rotatable bonds is 3. The summed E-state index contributed by atoms with van der Waals surface area (Å²) in [6, 6.07) is 0. The summed E-state index contributed by atoms with van der Waals surface area (Å²) in [5.74, 6) is 0. The number of hydrogen-bond donors (Lipinski definition) is 1. The van der Waals surface area contributed by atoms with Crippen molar-refractivity contribution in [2.24, 2.45) is 0 Å². The molecule has 2 heteroatoms. The van der Waals surface area contributed by atoms with Crippen molar-refractivity contribution in [2.45, 2.75) is 20.3 Å². The van der Waals surface area contributed by atoms with Gasteiger partial charge in [-0.3, -0.25) is 4.90 Å². The van der Waals surface area contributed by atoms with Crippen LogP contribution in [0, 0.1) is 0 Å². The molecule has 0 bridgehead atoms. The molecule has 0 saturated carbocycles. The fraction of sp³-hybridized carbons (Fsp3) is 0.800. The molecule has 1 N–H and O–H groups in total. The van der Waals surface area contributed by atoms with Gasteiger partial charge in [-0.05, 0) is 13.3 Å². The van der Waals surface area contributed by atoms with Crippen molar-refractivity contribution >= 4 is 0 Å². The summed E-state index contributed by atoms with van der Waals surface area (Å²) in [6.45, 7) is 10.3. The summed E-state index contributed by atoms with van der Waals surface area (Å²) in [4.78, 5) is 2.51. The number of allylic oxidation sites excluding steroid dienone is 1. The lowest BCUT2D eigenvalue weighted by Crippen LogP contribution is -2.43. The van der Waals surface area contributed by atoms with Crippen molar-refractivity contribution < 1.29 is 0 Å². The minimum atomic E-state index is 1.15. The molecule has 1 heterocycles. The molecule has 1 rings (SSSR count). The largest absolute Gasteiger partial charge is 0.314 e. The van der Waals surface area contributed by atoms with E-state index in [4.69, 9.17) is 0 Å². The highest BCUT2D eigenvalue weighted by Gasteiger charge is 2.08. The molecule has 0 atom stereocenters. The van der Waals surface area contributed by atoms with E-state index >= 15 is 0 Å². The lowest BCUT2D eigenvalue weighted by molar-refractivity contribution is 0.259. The summed E-state index contributed by atoms with van der Waals surface area (Å²) < 4.78 is 0. The maximum Gasteiger partial charge on any atom is 0.0191 e. The molecule has 1 aliphatic heterocycles. The van der Waals surface area contributed by atoms with Crippen LogP contribution in [0.5, 0.6) is 0 Å². The molecule has 0 unspecified atom stereocenters. The Kier molecular flexibility index (Phi) is 4.33. The van der Waals surface area contributed by atoms with Gasteiger partial charge in [0, 0.05) is 32.7 Å². The van der Waals surface area contributed by atoms with Crippen LogP contribution in [0.1, 0.15) is 20.3 Å². The van der Waals surface area contributed by atoms with E-state index in [1.807, 2.05) is 0 Å². The second-order valence-electron chi connectivity index (χ2n) is 3.48. The van der Waals surface area contributed by atoms with Crippen molar-refractivity contribution in [3.05, 3.63) is 11.6 Å². The van der Waals surface area contributed by atoms with Gasteiger partial charge in [0.05, 0.1) is 0 Å². The van der Waals surface area contributed by atoms with Gasteiger partial charge < -0.3 is 5.32 Å². The van der Waals surface area contributed by atoms with E-state index in [0.29, 0.717) is 0 Å². The Morgan fingerprint density at radius 2 is 2.08 bits per heavy atom. The van der Waals surface area contributed by atoms with E-state index in [9.17, 15) is 0 Å². The van der Waals surface area contributed by atoms with Crippen LogP contribution in [0.3, 0.4) is 0 Å². The van der Waals surface area contributed by atoms with Crippen LogP contribution in [0.25, 0.3) is 0 Å². The Balaban J connectivity index is 2.24. The Bertz CT molecular complexity index is 146. The highest BCUT2D eigenvalue weighted by molar-refractivity contribution is 5.00. The quantitative estimate of drug-likeness (QED) is 0.638. The number of piperazine rings is 1. The topological polar surface area (TPSA) is 15.3 Å². The van der Waals surface area contributed by atoms with Crippen LogP contribution in [0.2, 0.25) is 0 Å². The average Bonchev–Trinajstić information content (AvgIpc) is 2.06. The molecule has 0 aromatic rings. The summed E-state index contributed by atoms with van der Waals surface area (Å²) in [7, 11) is 0. The van der Waals surface area contributed by atoms with E-state index in [2.05, 4.69) is 30.1 Å². The maximum atomic E-state index is 3.36. The first-order chi connectivity index (χ1) is 5.83. The third kappa shape index (κ3) is 3.37. The molecule has 0 radical (unpaired) electrons. The minimum Gasteiger partial charge on any atom is -0.314 e. The number of nitrogens with zero attached hydrogens (tertiary/aromatic N) is 1. The average molecular weight is 168 g/mol. The molecule has 0 amide bonds. The molecule has 1 fully saturated rings. The first-order valence-electron chi connectivity index (χ1n) is 4.91. The highest BCUT2D eigenvalue weighted by atomic mass is 15.2. The second kappa shape index (κ2) is 5.33. The Morgan fingerprint density at radius 1 is 1.42 bits per heavy atom. The Labute approximate surface area is 75.6 Å². The number of nitrogens with one attached hydrogen (secondary N) is 1. The van der Waals surface area contributed by atoms with Crippen molar-refractivity contribution in [2.75, 3.05) is 32.7 Å². The van der Waals surface area contributed by atoms with Gasteiger partial charge >= 0.3 is 0 Å². The normalized spacial score (nSPS) is 21.3. The van der Waals surface area contributed by atoms with Crippen molar-refractivity contribution in [1.82, 2.24) is 10.2 Å². The lowest BCUT2D eigenvalue weighted by atomic mass is 10.2. The monoisotopic (exact) mass is 168 g/mol. The van der Waals surface area contributed by atoms with E-state index in [0.717, 1.165) is 26.1 Å². The van der Waals surface area contributed by atoms with Crippen LogP contribution >= 0.6 is 0 Å². The molecule has 1 saturated heterocycles. The van der Waals surface area contributed by atoms with Gasteiger partial charge in [0.1, 0.15) is 0 Å². The number of hydrogen-bond acceptors (Lipinski definition) is 2. The molecule has 2 nitrogen and oxygen atoms in total. The summed E-state index contributed by atoms with van der Waals surface area (Å²) in [5.41, 5.74) is 1.51. The van der Waals surface area contributed by atoms with Gasteiger partial charge in [0.25, 0.3) is 0 Å². The third-order valence-electron chi connectivity index (χ3n) is 2.24. The second-order valence-corrected chi connectivity index (χ2v) is 3.48. The first kappa shape index (κ1) is 9.75. The van der Waals surface area contributed by atoms with E-state index in [1.54, 1.807) is 0 Å². The van der Waals surface area contributed by atoms with E-state index in [1.165, 1.54) is 18.7 Å². The van der Waals surface area contributed by atoms with Gasteiger partial charge in [0.2, 0.25) is 0 Å². The van der Waals surface area contributed by atoms with Crippen LogP contribution in [-0.4, -0.2) is 37.6 Å². The van der Waals surface area contributed by atoms with Crippen LogP contribution in [0.4, 0.5) is 0 Å². The zero-order chi connectivity index (χ0) is 8.81.